The molecule has 0 aliphatic carbocycles. The van der Waals surface area contributed by atoms with E-state index in [2.05, 4.69) is 41.7 Å². The lowest BCUT2D eigenvalue weighted by molar-refractivity contribution is -0.890. The van der Waals surface area contributed by atoms with Gasteiger partial charge in [0.05, 0.1) is 26.4 Å². The highest BCUT2D eigenvalue weighted by Gasteiger charge is 2.19. The van der Waals surface area contributed by atoms with Crippen LogP contribution in [0, 0.1) is 6.92 Å². The largest absolute Gasteiger partial charge is 0.411 e. The van der Waals surface area contributed by atoms with Crippen molar-refractivity contribution in [2.75, 3.05) is 26.4 Å². The van der Waals surface area contributed by atoms with Crippen LogP contribution in [0.5, 0.6) is 0 Å². The number of amides is 1. The maximum atomic E-state index is 12.3. The van der Waals surface area contributed by atoms with Gasteiger partial charge in [0.15, 0.2) is 0 Å². The molecule has 0 radical (unpaired) electrons. The summed E-state index contributed by atoms with van der Waals surface area (Å²) in [6.07, 6.45) is 0. The van der Waals surface area contributed by atoms with Crippen molar-refractivity contribution in [1.82, 2.24) is 15.5 Å². The van der Waals surface area contributed by atoms with Crippen LogP contribution in [-0.4, -0.2) is 42.5 Å². The van der Waals surface area contributed by atoms with Gasteiger partial charge in [-0.2, -0.15) is 0 Å². The van der Waals surface area contributed by atoms with Gasteiger partial charge in [-0.3, -0.25) is 4.79 Å². The first kappa shape index (κ1) is 20.1. The predicted molar refractivity (Wildman–Crippen MR) is 110 cm³/mol. The van der Waals surface area contributed by atoms with Crippen LogP contribution in [0.25, 0.3) is 11.5 Å². The van der Waals surface area contributed by atoms with Crippen LogP contribution in [0.2, 0.25) is 0 Å². The second kappa shape index (κ2) is 9.52. The smallest absolute Gasteiger partial charge is 0.277 e. The van der Waals surface area contributed by atoms with Gasteiger partial charge in [-0.1, -0.05) is 60.3 Å². The molecule has 2 N–H and O–H groups in total. The van der Waals surface area contributed by atoms with Gasteiger partial charge in [0.1, 0.15) is 6.04 Å². The number of benzene rings is 2. The molecule has 146 valence electrons. The molecule has 3 rings (SSSR count). The highest BCUT2D eigenvalue weighted by atomic mass is 32.2. The maximum absolute atomic E-state index is 12.3. The lowest BCUT2D eigenvalue weighted by Crippen LogP contribution is -3.07. The summed E-state index contributed by atoms with van der Waals surface area (Å²) in [5, 5.41) is 11.5. The molecule has 7 heteroatoms. The van der Waals surface area contributed by atoms with Crippen molar-refractivity contribution >= 4 is 17.7 Å². The number of nitrogens with zero attached hydrogens (tertiary/aromatic N) is 2. The Morgan fingerprint density at radius 2 is 1.82 bits per heavy atom. The van der Waals surface area contributed by atoms with Crippen LogP contribution < -0.4 is 10.2 Å². The Kier molecular flexibility index (Phi) is 6.84. The number of hydrogen-bond acceptors (Lipinski definition) is 5. The fraction of sp³-hybridized carbons (Fsp3) is 0.286. The van der Waals surface area contributed by atoms with E-state index in [1.165, 1.54) is 22.2 Å². The maximum Gasteiger partial charge on any atom is 0.277 e. The third-order valence-electron chi connectivity index (χ3n) is 4.51. The van der Waals surface area contributed by atoms with Crippen molar-refractivity contribution in [1.29, 1.82) is 0 Å². The molecule has 1 aromatic heterocycles. The molecule has 28 heavy (non-hydrogen) atoms. The van der Waals surface area contributed by atoms with E-state index in [4.69, 9.17) is 4.42 Å². The normalized spacial score (nSPS) is 12.1. The summed E-state index contributed by atoms with van der Waals surface area (Å²) in [4.78, 5) is 13.5. The van der Waals surface area contributed by atoms with E-state index in [9.17, 15) is 4.79 Å². The number of aromatic nitrogens is 2. The summed E-state index contributed by atoms with van der Waals surface area (Å²) in [6.45, 7) is 2.57. The van der Waals surface area contributed by atoms with Gasteiger partial charge in [0.25, 0.3) is 5.22 Å². The first-order valence-corrected chi connectivity index (χ1v) is 10.2. The van der Waals surface area contributed by atoms with E-state index in [1.54, 1.807) is 0 Å². The molecule has 0 saturated heterocycles. The molecule has 0 saturated carbocycles. The highest BCUT2D eigenvalue weighted by Crippen LogP contribution is 2.25. The van der Waals surface area contributed by atoms with Crippen LogP contribution in [-0.2, 0) is 4.79 Å². The number of nitrogens with one attached hydrogen (secondary N) is 2. The van der Waals surface area contributed by atoms with Crippen molar-refractivity contribution in [3.05, 3.63) is 65.7 Å². The molecule has 0 spiro atoms. The van der Waals surface area contributed by atoms with Crippen LogP contribution in [0.4, 0.5) is 0 Å². The Morgan fingerprint density at radius 1 is 1.11 bits per heavy atom. The lowest BCUT2D eigenvalue weighted by Gasteiger charge is -2.22. The van der Waals surface area contributed by atoms with Crippen LogP contribution in [0.3, 0.4) is 0 Å². The Labute approximate surface area is 169 Å². The summed E-state index contributed by atoms with van der Waals surface area (Å²) < 4.78 is 5.69. The Bertz CT molecular complexity index is 912. The minimum Gasteiger partial charge on any atom is -0.411 e. The van der Waals surface area contributed by atoms with Crippen LogP contribution in [0.15, 0.2) is 64.2 Å². The third kappa shape index (κ3) is 5.21. The van der Waals surface area contributed by atoms with E-state index in [0.29, 0.717) is 17.7 Å². The second-order valence-corrected chi connectivity index (χ2v) is 7.75. The SMILES string of the molecule is Cc1ccccc1-c1nnc(SCC(=O)NC[C@H](c2ccccc2)[NH+](C)C)o1. The Balaban J connectivity index is 1.53. The van der Waals surface area contributed by atoms with E-state index < -0.39 is 0 Å². The van der Waals surface area contributed by atoms with Gasteiger partial charge in [-0.25, -0.2) is 0 Å². The van der Waals surface area contributed by atoms with Gasteiger partial charge in [0, 0.05) is 11.1 Å². The average Bonchev–Trinajstić information content (AvgIpc) is 3.16. The zero-order valence-electron chi connectivity index (χ0n) is 16.3. The molecule has 0 aliphatic rings. The first-order valence-electron chi connectivity index (χ1n) is 9.18. The van der Waals surface area contributed by atoms with Crippen molar-refractivity contribution in [3.8, 4) is 11.5 Å². The molecule has 0 aliphatic heterocycles. The van der Waals surface area contributed by atoms with E-state index in [0.717, 1.165) is 11.1 Å². The van der Waals surface area contributed by atoms with Crippen LogP contribution >= 0.6 is 11.8 Å². The molecule has 6 nitrogen and oxygen atoms in total. The Hall–Kier alpha value is -2.64. The minimum atomic E-state index is -0.0529. The average molecular weight is 398 g/mol. The number of hydrogen-bond donors (Lipinski definition) is 2. The molecular weight excluding hydrogens is 372 g/mol. The molecular formula is C21H25N4O2S+. The standard InChI is InChI=1S/C21H24N4O2S/c1-15-9-7-8-12-17(15)20-23-24-21(27-20)28-14-19(26)22-13-18(25(2)3)16-10-5-4-6-11-16/h4-12,18H,13-14H2,1-3H3,(H,22,26)/p+1/t18-/m1/s1. The van der Waals surface area contributed by atoms with Gasteiger partial charge in [0.2, 0.25) is 11.8 Å². The zero-order valence-corrected chi connectivity index (χ0v) is 17.1. The number of carbonyl (C=O) groups excluding carboxylic acids is 1. The van der Waals surface area contributed by atoms with Gasteiger partial charge >= 0.3 is 0 Å². The van der Waals surface area contributed by atoms with Gasteiger partial charge < -0.3 is 14.6 Å². The van der Waals surface area contributed by atoms with Crippen molar-refractivity contribution in [2.45, 2.75) is 18.2 Å². The quantitative estimate of drug-likeness (QED) is 0.570. The summed E-state index contributed by atoms with van der Waals surface area (Å²) in [7, 11) is 4.17. The first-order chi connectivity index (χ1) is 13.5. The summed E-state index contributed by atoms with van der Waals surface area (Å²) in [5.74, 6) is 0.656. The number of rotatable bonds is 8. The number of thioether (sulfide) groups is 1. The molecule has 0 bridgehead atoms. The topological polar surface area (TPSA) is 72.5 Å². The summed E-state index contributed by atoms with van der Waals surface area (Å²) in [6, 6.07) is 18.2. The minimum absolute atomic E-state index is 0.0529. The molecule has 3 aromatic rings. The molecule has 1 atom stereocenters. The third-order valence-corrected chi connectivity index (χ3v) is 5.33. The summed E-state index contributed by atoms with van der Waals surface area (Å²) >= 11 is 1.25. The number of carbonyl (C=O) groups is 1. The number of likely N-dealkylation sites (N-methyl/N-ethyl adjacent to an activating group) is 1. The van der Waals surface area contributed by atoms with E-state index in [1.807, 2.05) is 49.4 Å². The highest BCUT2D eigenvalue weighted by molar-refractivity contribution is 7.99. The second-order valence-electron chi connectivity index (χ2n) is 6.82. The molecule has 1 heterocycles. The monoisotopic (exact) mass is 397 g/mol. The predicted octanol–water partition coefficient (Wildman–Crippen LogP) is 2.14. The van der Waals surface area contributed by atoms with E-state index >= 15 is 0 Å². The number of aryl methyl sites for hydroxylation is 1. The Morgan fingerprint density at radius 3 is 2.54 bits per heavy atom. The molecule has 0 fully saturated rings. The molecule has 0 unspecified atom stereocenters. The van der Waals surface area contributed by atoms with Crippen LogP contribution in [0.1, 0.15) is 17.2 Å². The van der Waals surface area contributed by atoms with Crippen molar-refractivity contribution < 1.29 is 14.1 Å². The fourth-order valence-electron chi connectivity index (χ4n) is 2.92. The van der Waals surface area contributed by atoms with Gasteiger partial charge in [-0.15, -0.1) is 10.2 Å². The lowest BCUT2D eigenvalue weighted by atomic mass is 10.1. The zero-order chi connectivity index (χ0) is 19.9. The molecule has 2 aromatic carbocycles. The fourth-order valence-corrected chi connectivity index (χ4v) is 3.52. The van der Waals surface area contributed by atoms with Gasteiger partial charge in [-0.05, 0) is 18.6 Å². The summed E-state index contributed by atoms with van der Waals surface area (Å²) in [5.41, 5.74) is 3.18. The van der Waals surface area contributed by atoms with Crippen molar-refractivity contribution in [2.24, 2.45) is 0 Å². The molecule has 1 amide bonds. The van der Waals surface area contributed by atoms with E-state index in [-0.39, 0.29) is 17.7 Å². The number of quaternary nitrogens is 1. The van der Waals surface area contributed by atoms with Crippen molar-refractivity contribution in [3.63, 3.8) is 0 Å².